The van der Waals surface area contributed by atoms with Crippen LogP contribution in [0.4, 0.5) is 17.6 Å². The van der Waals surface area contributed by atoms with Gasteiger partial charge in [-0.3, -0.25) is 4.79 Å². The number of carboxylic acid groups (broad SMARTS) is 1. The van der Waals surface area contributed by atoms with Gasteiger partial charge in [0, 0.05) is 0 Å². The third-order valence-electron chi connectivity index (χ3n) is 5.10. The topological polar surface area (TPSA) is 99.3 Å². The smallest absolute Gasteiger partial charge is 0.320 e. The second-order valence-corrected chi connectivity index (χ2v) is 8.70. The standard InChI is InChI=1S/C23H19AsF4N2O4/c1-10(23(33)34)29-5-4-11-6-17(27)19(18(28)7-11)14-9-15(21(24)30-22(14)32)20(31)13-3-2-12(25)8-16(13)26/h2-3,6-10,29H,4-5,24H2,1H3,(H,30,32)(H,33,34)/t10-/m0/s1. The minimum atomic E-state index is -1.11. The number of carbonyl (C=O) groups is 2. The maximum absolute atomic E-state index is 14.9. The maximum atomic E-state index is 14.9. The predicted octanol–water partition coefficient (Wildman–Crippen LogP) is 1.69. The molecule has 2 aromatic carbocycles. The van der Waals surface area contributed by atoms with Crippen molar-refractivity contribution in [1.82, 2.24) is 10.3 Å². The van der Waals surface area contributed by atoms with E-state index in [4.69, 9.17) is 5.11 Å². The SMILES string of the molecule is C[C@H](NCCc1cc(F)c(-c2cc(C(=O)c3ccc(F)cc3F)c([AsH2])[nH]c2=O)c(F)c1)C(=O)O. The number of aliphatic carboxylic acids is 1. The van der Waals surface area contributed by atoms with Crippen LogP contribution in [0.15, 0.2) is 41.2 Å². The summed E-state index contributed by atoms with van der Waals surface area (Å²) in [5.74, 6) is -6.07. The minimum absolute atomic E-state index is 0.103. The van der Waals surface area contributed by atoms with Crippen molar-refractivity contribution in [2.45, 2.75) is 19.4 Å². The molecule has 0 fully saturated rings. The quantitative estimate of drug-likeness (QED) is 0.231. The first kappa shape index (κ1) is 25.4. The molecule has 0 bridgehead atoms. The fourth-order valence-electron chi connectivity index (χ4n) is 3.28. The number of carbonyl (C=O) groups excluding carboxylic acids is 1. The van der Waals surface area contributed by atoms with Crippen LogP contribution in [0.5, 0.6) is 0 Å². The summed E-state index contributed by atoms with van der Waals surface area (Å²) in [5, 5.41) is 11.5. The number of pyridine rings is 1. The van der Waals surface area contributed by atoms with Gasteiger partial charge >= 0.3 is 183 Å². The first-order valence-corrected chi connectivity index (χ1v) is 11.2. The predicted molar refractivity (Wildman–Crippen MR) is 119 cm³/mol. The molecule has 0 saturated carbocycles. The largest absolute Gasteiger partial charge is 0.480 e. The van der Waals surface area contributed by atoms with Crippen LogP contribution >= 0.6 is 0 Å². The van der Waals surface area contributed by atoms with Crippen molar-refractivity contribution >= 4 is 33.1 Å². The molecule has 0 aliphatic rings. The molecule has 3 aromatic rings. The van der Waals surface area contributed by atoms with E-state index in [1.54, 1.807) is 0 Å². The number of rotatable bonds is 8. The van der Waals surface area contributed by atoms with E-state index in [2.05, 4.69) is 10.3 Å². The molecule has 1 unspecified atom stereocenters. The molecule has 0 amide bonds. The third-order valence-corrected chi connectivity index (χ3v) is 6.05. The number of aromatic nitrogens is 1. The van der Waals surface area contributed by atoms with Gasteiger partial charge in [0.1, 0.15) is 0 Å². The van der Waals surface area contributed by atoms with Crippen molar-refractivity contribution in [3.8, 4) is 11.1 Å². The Morgan fingerprint density at radius 1 is 1.03 bits per heavy atom. The second kappa shape index (κ2) is 10.4. The van der Waals surface area contributed by atoms with E-state index < -0.39 is 63.3 Å². The summed E-state index contributed by atoms with van der Waals surface area (Å²) >= 11 is 0.822. The van der Waals surface area contributed by atoms with Gasteiger partial charge in [0.2, 0.25) is 0 Å². The number of carboxylic acids is 1. The summed E-state index contributed by atoms with van der Waals surface area (Å²) in [5.41, 5.74) is -2.41. The fourth-order valence-corrected chi connectivity index (χ4v) is 4.01. The van der Waals surface area contributed by atoms with Crippen molar-refractivity contribution in [2.75, 3.05) is 6.54 Å². The number of hydrogen-bond donors (Lipinski definition) is 3. The summed E-state index contributed by atoms with van der Waals surface area (Å²) in [7, 11) is 0. The van der Waals surface area contributed by atoms with E-state index in [1.165, 1.54) is 6.92 Å². The zero-order valence-electron chi connectivity index (χ0n) is 17.7. The van der Waals surface area contributed by atoms with Gasteiger partial charge in [0.15, 0.2) is 0 Å². The van der Waals surface area contributed by atoms with E-state index in [-0.39, 0.29) is 28.6 Å². The Morgan fingerprint density at radius 2 is 1.68 bits per heavy atom. The molecule has 34 heavy (non-hydrogen) atoms. The number of aromatic amines is 1. The van der Waals surface area contributed by atoms with E-state index in [9.17, 15) is 31.9 Å². The number of halogens is 4. The van der Waals surface area contributed by atoms with Gasteiger partial charge in [0.05, 0.1) is 0 Å². The number of benzene rings is 2. The Kier molecular flexibility index (Phi) is 7.74. The van der Waals surface area contributed by atoms with Gasteiger partial charge in [-0.15, -0.1) is 0 Å². The van der Waals surface area contributed by atoms with E-state index >= 15 is 0 Å². The Morgan fingerprint density at radius 3 is 2.26 bits per heavy atom. The molecule has 1 heterocycles. The van der Waals surface area contributed by atoms with Gasteiger partial charge in [-0.25, -0.2) is 0 Å². The third kappa shape index (κ3) is 5.46. The van der Waals surface area contributed by atoms with E-state index in [0.717, 1.165) is 47.2 Å². The van der Waals surface area contributed by atoms with Gasteiger partial charge in [0.25, 0.3) is 0 Å². The Balaban J connectivity index is 1.97. The van der Waals surface area contributed by atoms with Crippen molar-refractivity contribution in [2.24, 2.45) is 0 Å². The minimum Gasteiger partial charge on any atom is -0.480 e. The van der Waals surface area contributed by atoms with Crippen molar-refractivity contribution in [1.29, 1.82) is 0 Å². The molecule has 3 rings (SSSR count). The summed E-state index contributed by atoms with van der Waals surface area (Å²) in [6, 6.07) is 4.53. The van der Waals surface area contributed by atoms with Gasteiger partial charge < -0.3 is 5.11 Å². The van der Waals surface area contributed by atoms with Crippen LogP contribution in [-0.2, 0) is 11.2 Å². The normalized spacial score (nSPS) is 11.9. The fraction of sp³-hybridized carbons (Fsp3) is 0.174. The van der Waals surface area contributed by atoms with Crippen molar-refractivity contribution in [3.63, 3.8) is 0 Å². The van der Waals surface area contributed by atoms with Crippen LogP contribution in [0.25, 0.3) is 11.1 Å². The summed E-state index contributed by atoms with van der Waals surface area (Å²) in [4.78, 5) is 38.5. The molecule has 0 aliphatic heterocycles. The number of hydrogen-bond acceptors (Lipinski definition) is 4. The van der Waals surface area contributed by atoms with Crippen LogP contribution in [0.1, 0.15) is 28.4 Å². The van der Waals surface area contributed by atoms with Gasteiger partial charge in [-0.2, -0.15) is 0 Å². The molecule has 0 spiro atoms. The maximum Gasteiger partial charge on any atom is 0.320 e. The monoisotopic (exact) mass is 538 g/mol. The molecule has 2 atom stereocenters. The van der Waals surface area contributed by atoms with E-state index in [0.29, 0.717) is 6.07 Å². The molecule has 0 saturated heterocycles. The van der Waals surface area contributed by atoms with Gasteiger partial charge in [-0.05, 0) is 6.92 Å². The summed E-state index contributed by atoms with van der Waals surface area (Å²) < 4.78 is 57.1. The van der Waals surface area contributed by atoms with Crippen LogP contribution in [0, 0.1) is 23.3 Å². The zero-order valence-corrected chi connectivity index (χ0v) is 20.1. The van der Waals surface area contributed by atoms with Gasteiger partial charge in [-0.1, -0.05) is 0 Å². The molecule has 1 aromatic heterocycles. The molecular formula is C23H19AsF4N2O4. The summed E-state index contributed by atoms with van der Waals surface area (Å²) in [6.45, 7) is 1.56. The summed E-state index contributed by atoms with van der Waals surface area (Å²) in [6.07, 6.45) is 0.117. The van der Waals surface area contributed by atoms with Crippen molar-refractivity contribution in [3.05, 3.63) is 86.7 Å². The molecule has 6 nitrogen and oxygen atoms in total. The van der Waals surface area contributed by atoms with Crippen LogP contribution < -0.4 is 15.4 Å². The second-order valence-electron chi connectivity index (χ2n) is 7.49. The molecule has 3 N–H and O–H groups in total. The van der Waals surface area contributed by atoms with E-state index in [1.807, 2.05) is 0 Å². The Hall–Kier alpha value is -3.23. The molecule has 178 valence electrons. The molecular weight excluding hydrogens is 519 g/mol. The molecule has 0 aliphatic carbocycles. The molecule has 11 heteroatoms. The van der Waals surface area contributed by atoms with Crippen LogP contribution in [-0.4, -0.2) is 51.3 Å². The molecule has 0 radical (unpaired) electrons. The number of H-pyrrole nitrogens is 1. The van der Waals surface area contributed by atoms with Crippen LogP contribution in [0.2, 0.25) is 0 Å². The Labute approximate surface area is 199 Å². The Bertz CT molecular complexity index is 1320. The van der Waals surface area contributed by atoms with Crippen molar-refractivity contribution < 1.29 is 32.3 Å². The number of ketones is 1. The van der Waals surface area contributed by atoms with Crippen LogP contribution in [0.3, 0.4) is 0 Å². The first-order chi connectivity index (χ1) is 16.0. The first-order valence-electron chi connectivity index (χ1n) is 9.96. The average Bonchev–Trinajstić information content (AvgIpc) is 2.74. The zero-order chi connectivity index (χ0) is 25.2. The number of nitrogens with one attached hydrogen (secondary N) is 2. The average molecular weight is 538 g/mol.